The summed E-state index contributed by atoms with van der Waals surface area (Å²) in [6.07, 6.45) is 4.52. The number of imidazole rings is 2. The number of benzene rings is 2. The smallest absolute Gasteiger partial charge is 0.407 e. The van der Waals surface area contributed by atoms with Crippen LogP contribution >= 0.6 is 0 Å². The molecule has 2 aromatic heterocycles. The fourth-order valence-electron chi connectivity index (χ4n) is 8.22. The normalized spacial score (nSPS) is 22.1. The largest absolute Gasteiger partial charge is 0.453 e. The number of ether oxygens (including phenoxy) is 2. The van der Waals surface area contributed by atoms with E-state index in [4.69, 9.17) is 14.5 Å². The number of hydrogen-bond donors (Lipinski definition) is 3. The van der Waals surface area contributed by atoms with Crippen molar-refractivity contribution in [1.82, 2.24) is 35.1 Å². The first-order chi connectivity index (χ1) is 26.8. The van der Waals surface area contributed by atoms with Crippen molar-refractivity contribution in [3.63, 3.8) is 0 Å². The standard InChI is InChI=1S/C44H53N7O5/c1-26(2)29(6)41(52)50-23-28(5)19-36(50)39-45-22-35(48-39)32-14-11-30(12-15-32)9-10-31-13-16-33-34(20-31)47-40(46-33)37-21-44(17-8-18-56-25-44)24-51(37)42(53)38(27(3)4)49-43(54)55-7/h11-16,20,22,26-27,29,36-38H,5,8,17-19,21,23-25H2,1-4,6-7H3,(H,45,48)(H,46,47)(H,49,54)/t29-,36-,37-,38-,44+/m0/s1. The number of carbonyl (C=O) groups is 3. The number of methoxy groups -OCH3 is 1. The number of rotatable bonds is 8. The molecule has 0 radical (unpaired) electrons. The second-order valence-corrected chi connectivity index (χ2v) is 16.5. The van der Waals surface area contributed by atoms with Gasteiger partial charge in [0, 0.05) is 42.2 Å². The number of likely N-dealkylation sites (tertiary alicyclic amines) is 2. The number of aromatic nitrogens is 4. The van der Waals surface area contributed by atoms with Gasteiger partial charge in [0.05, 0.1) is 48.7 Å². The number of nitrogens with zero attached hydrogens (tertiary/aromatic N) is 4. The Morgan fingerprint density at radius 3 is 2.41 bits per heavy atom. The predicted octanol–water partition coefficient (Wildman–Crippen LogP) is 6.93. The molecule has 0 bridgehead atoms. The number of fused-ring (bicyclic) bond motifs is 1. The summed E-state index contributed by atoms with van der Waals surface area (Å²) in [7, 11) is 1.30. The molecule has 3 amide bonds. The Morgan fingerprint density at radius 2 is 1.71 bits per heavy atom. The molecule has 294 valence electrons. The molecular formula is C44H53N7O5. The Kier molecular flexibility index (Phi) is 11.1. The lowest BCUT2D eigenvalue weighted by Gasteiger charge is -2.33. The highest BCUT2D eigenvalue weighted by Gasteiger charge is 2.50. The molecule has 12 nitrogen and oxygen atoms in total. The van der Waals surface area contributed by atoms with E-state index in [1.165, 1.54) is 7.11 Å². The number of amides is 3. The highest BCUT2D eigenvalue weighted by atomic mass is 16.5. The second kappa shape index (κ2) is 16.0. The van der Waals surface area contributed by atoms with E-state index in [-0.39, 0.29) is 47.1 Å². The van der Waals surface area contributed by atoms with Crippen molar-refractivity contribution in [2.75, 3.05) is 33.4 Å². The molecular weight excluding hydrogens is 707 g/mol. The van der Waals surface area contributed by atoms with Gasteiger partial charge in [-0.05, 0) is 73.4 Å². The van der Waals surface area contributed by atoms with Crippen LogP contribution in [0, 0.1) is 35.0 Å². The van der Waals surface area contributed by atoms with Gasteiger partial charge in [0.2, 0.25) is 11.8 Å². The molecule has 5 heterocycles. The number of carbonyl (C=O) groups excluding carboxylic acids is 3. The lowest BCUT2D eigenvalue weighted by Crippen LogP contribution is -2.51. The topological polar surface area (TPSA) is 146 Å². The number of aromatic amines is 2. The minimum Gasteiger partial charge on any atom is -0.453 e. The summed E-state index contributed by atoms with van der Waals surface area (Å²) in [5.41, 5.74) is 6.05. The Labute approximate surface area is 328 Å². The van der Waals surface area contributed by atoms with Crippen LogP contribution in [0.2, 0.25) is 0 Å². The summed E-state index contributed by atoms with van der Waals surface area (Å²) < 4.78 is 10.8. The molecule has 56 heavy (non-hydrogen) atoms. The molecule has 7 rings (SSSR count). The summed E-state index contributed by atoms with van der Waals surface area (Å²) in [6, 6.07) is 12.7. The molecule has 3 N–H and O–H groups in total. The fourth-order valence-corrected chi connectivity index (χ4v) is 8.22. The Balaban J connectivity index is 1.07. The SMILES string of the molecule is C=C1C[C@@H](c2ncc(-c3ccc(C#Cc4ccc5nc([C@@H]6C[C@]7(CCCOC7)CN6C(=O)[C@@H](NC(=O)OC)C(C)C)[nH]c5c4)cc3)[nH]2)N(C(=O)[C@@H](C)C(C)C)C1. The van der Waals surface area contributed by atoms with Crippen LogP contribution in [0.5, 0.6) is 0 Å². The van der Waals surface area contributed by atoms with Gasteiger partial charge in [-0.2, -0.15) is 0 Å². The summed E-state index contributed by atoms with van der Waals surface area (Å²) >= 11 is 0. The molecule has 0 unspecified atom stereocenters. The molecule has 4 aromatic rings. The van der Waals surface area contributed by atoms with E-state index >= 15 is 0 Å². The molecule has 0 aliphatic carbocycles. The van der Waals surface area contributed by atoms with Crippen LogP contribution in [0.3, 0.4) is 0 Å². The van der Waals surface area contributed by atoms with Crippen molar-refractivity contribution >= 4 is 28.9 Å². The van der Waals surface area contributed by atoms with E-state index in [9.17, 15) is 14.4 Å². The summed E-state index contributed by atoms with van der Waals surface area (Å²) in [5, 5.41) is 2.75. The molecule has 2 aromatic carbocycles. The molecule has 3 aliphatic heterocycles. The minimum absolute atomic E-state index is 0.0721. The van der Waals surface area contributed by atoms with E-state index in [0.717, 1.165) is 70.7 Å². The molecule has 1 spiro atoms. The van der Waals surface area contributed by atoms with Crippen molar-refractivity contribution in [2.24, 2.45) is 23.2 Å². The van der Waals surface area contributed by atoms with Crippen LogP contribution in [-0.2, 0) is 19.1 Å². The maximum atomic E-state index is 14.1. The average Bonchev–Trinajstić information content (AvgIpc) is 4.00. The summed E-state index contributed by atoms with van der Waals surface area (Å²) in [6.45, 7) is 16.5. The van der Waals surface area contributed by atoms with Gasteiger partial charge < -0.3 is 34.6 Å². The maximum absolute atomic E-state index is 14.1. The third-order valence-corrected chi connectivity index (χ3v) is 11.8. The monoisotopic (exact) mass is 759 g/mol. The van der Waals surface area contributed by atoms with Gasteiger partial charge in [-0.3, -0.25) is 9.59 Å². The lowest BCUT2D eigenvalue weighted by atomic mass is 9.80. The average molecular weight is 760 g/mol. The molecule has 12 heteroatoms. The van der Waals surface area contributed by atoms with Crippen LogP contribution < -0.4 is 5.32 Å². The van der Waals surface area contributed by atoms with Crippen LogP contribution in [0.1, 0.15) is 95.2 Å². The van der Waals surface area contributed by atoms with Crippen molar-refractivity contribution < 1.29 is 23.9 Å². The van der Waals surface area contributed by atoms with Crippen LogP contribution in [0.15, 0.2) is 60.8 Å². The Morgan fingerprint density at radius 1 is 0.964 bits per heavy atom. The van der Waals surface area contributed by atoms with Gasteiger partial charge in [0.25, 0.3) is 0 Å². The van der Waals surface area contributed by atoms with Crippen molar-refractivity contribution in [1.29, 1.82) is 0 Å². The first-order valence-corrected chi connectivity index (χ1v) is 19.7. The fraction of sp³-hybridized carbons (Fsp3) is 0.477. The van der Waals surface area contributed by atoms with Gasteiger partial charge in [-0.15, -0.1) is 0 Å². The van der Waals surface area contributed by atoms with Gasteiger partial charge in [0.15, 0.2) is 0 Å². The lowest BCUT2D eigenvalue weighted by molar-refractivity contribution is -0.137. The van der Waals surface area contributed by atoms with E-state index in [0.29, 0.717) is 31.9 Å². The Hall–Kier alpha value is -5.41. The van der Waals surface area contributed by atoms with Crippen molar-refractivity contribution in [3.8, 4) is 23.1 Å². The zero-order chi connectivity index (χ0) is 39.7. The highest BCUT2D eigenvalue weighted by molar-refractivity contribution is 5.87. The quantitative estimate of drug-likeness (QED) is 0.131. The van der Waals surface area contributed by atoms with E-state index in [1.807, 2.05) is 79.2 Å². The van der Waals surface area contributed by atoms with Crippen molar-refractivity contribution in [2.45, 2.75) is 78.4 Å². The van der Waals surface area contributed by atoms with Gasteiger partial charge in [0.1, 0.15) is 17.7 Å². The van der Waals surface area contributed by atoms with E-state index in [1.54, 1.807) is 0 Å². The Bertz CT molecular complexity index is 2170. The first-order valence-electron chi connectivity index (χ1n) is 19.7. The summed E-state index contributed by atoms with van der Waals surface area (Å²) in [5.74, 6) is 8.09. The van der Waals surface area contributed by atoms with Crippen LogP contribution in [-0.4, -0.2) is 87.1 Å². The number of alkyl carbamates (subject to hydrolysis) is 1. The zero-order valence-corrected chi connectivity index (χ0v) is 33.3. The molecule has 3 fully saturated rings. The predicted molar refractivity (Wildman–Crippen MR) is 214 cm³/mol. The van der Waals surface area contributed by atoms with E-state index < -0.39 is 12.1 Å². The third kappa shape index (κ3) is 7.96. The van der Waals surface area contributed by atoms with Crippen LogP contribution in [0.4, 0.5) is 4.79 Å². The number of H-pyrrole nitrogens is 2. The minimum atomic E-state index is -0.735. The first kappa shape index (κ1) is 38.8. The molecule has 0 saturated carbocycles. The van der Waals surface area contributed by atoms with E-state index in [2.05, 4.69) is 52.5 Å². The second-order valence-electron chi connectivity index (χ2n) is 16.5. The highest BCUT2D eigenvalue weighted by Crippen LogP contribution is 2.47. The molecule has 3 aliphatic rings. The number of hydrogen-bond acceptors (Lipinski definition) is 7. The summed E-state index contributed by atoms with van der Waals surface area (Å²) in [4.78, 5) is 60.0. The third-order valence-electron chi connectivity index (χ3n) is 11.8. The van der Waals surface area contributed by atoms with Gasteiger partial charge in [-0.1, -0.05) is 70.7 Å². The molecule has 5 atom stereocenters. The maximum Gasteiger partial charge on any atom is 0.407 e. The number of nitrogens with one attached hydrogen (secondary N) is 3. The van der Waals surface area contributed by atoms with Crippen molar-refractivity contribution in [3.05, 3.63) is 83.6 Å². The van der Waals surface area contributed by atoms with Gasteiger partial charge in [-0.25, -0.2) is 14.8 Å². The molecule has 3 saturated heterocycles. The zero-order valence-electron chi connectivity index (χ0n) is 33.3. The van der Waals surface area contributed by atoms with Gasteiger partial charge >= 0.3 is 6.09 Å². The van der Waals surface area contributed by atoms with Crippen LogP contribution in [0.25, 0.3) is 22.3 Å².